The highest BCUT2D eigenvalue weighted by Gasteiger charge is 2.33. The van der Waals surface area contributed by atoms with Crippen LogP contribution in [0.2, 0.25) is 0 Å². The molecule has 0 bridgehead atoms. The number of aromatic amines is 1. The Balaban J connectivity index is 1.41. The van der Waals surface area contributed by atoms with Gasteiger partial charge in [-0.1, -0.05) is 53.8 Å². The molecule has 5 rings (SSSR count). The van der Waals surface area contributed by atoms with Gasteiger partial charge in [0, 0.05) is 18.7 Å². The third kappa shape index (κ3) is 3.89. The molecule has 6 nitrogen and oxygen atoms in total. The molecule has 2 N–H and O–H groups in total. The summed E-state index contributed by atoms with van der Waals surface area (Å²) in [7, 11) is 0. The van der Waals surface area contributed by atoms with Crippen LogP contribution < -0.4 is 15.8 Å². The van der Waals surface area contributed by atoms with Gasteiger partial charge in [0.1, 0.15) is 17.4 Å². The highest BCUT2D eigenvalue weighted by molar-refractivity contribution is 7.22. The second-order valence-corrected chi connectivity index (χ2v) is 8.77. The number of anilines is 1. The molecule has 0 aliphatic carbocycles. The number of H-pyrrole nitrogens is 1. The number of fused-ring (bicyclic) bond motifs is 1. The van der Waals surface area contributed by atoms with E-state index in [4.69, 9.17) is 0 Å². The molecule has 32 heavy (non-hydrogen) atoms. The number of rotatable bonds is 5. The summed E-state index contributed by atoms with van der Waals surface area (Å²) in [6.07, 6.45) is 1.60. The van der Waals surface area contributed by atoms with E-state index in [0.29, 0.717) is 39.7 Å². The molecule has 162 valence electrons. The number of carbonyl (C=O) groups excluding carboxylic acids is 1. The van der Waals surface area contributed by atoms with E-state index in [0.717, 1.165) is 18.4 Å². The minimum atomic E-state index is -0.401. The quantitative estimate of drug-likeness (QED) is 0.482. The van der Waals surface area contributed by atoms with E-state index in [9.17, 15) is 14.0 Å². The smallest absolute Gasteiger partial charge is 0.275 e. The zero-order chi connectivity index (χ0) is 22.1. The number of benzene rings is 2. The van der Waals surface area contributed by atoms with Crippen molar-refractivity contribution in [2.45, 2.75) is 25.4 Å². The fourth-order valence-corrected chi connectivity index (χ4v) is 5.13. The zero-order valence-electron chi connectivity index (χ0n) is 17.2. The predicted octanol–water partition coefficient (Wildman–Crippen LogP) is 4.08. The number of hydrogen-bond donors (Lipinski definition) is 2. The molecule has 4 aromatic rings. The van der Waals surface area contributed by atoms with E-state index in [-0.39, 0.29) is 17.5 Å². The number of thiazole rings is 1. The molecule has 1 saturated heterocycles. The van der Waals surface area contributed by atoms with Crippen molar-refractivity contribution in [3.8, 4) is 11.3 Å². The zero-order valence-corrected chi connectivity index (χ0v) is 18.0. The van der Waals surface area contributed by atoms with Gasteiger partial charge >= 0.3 is 0 Å². The van der Waals surface area contributed by atoms with Crippen molar-refractivity contribution < 1.29 is 9.18 Å². The Kier molecular flexibility index (Phi) is 5.45. The Morgan fingerprint density at radius 3 is 2.78 bits per heavy atom. The summed E-state index contributed by atoms with van der Waals surface area (Å²) in [5, 5.41) is 3.64. The van der Waals surface area contributed by atoms with Crippen LogP contribution in [0, 0.1) is 5.82 Å². The van der Waals surface area contributed by atoms with Crippen LogP contribution in [0.25, 0.3) is 21.5 Å². The first-order valence-corrected chi connectivity index (χ1v) is 11.3. The summed E-state index contributed by atoms with van der Waals surface area (Å²) in [5.74, 6) is -0.450. The summed E-state index contributed by atoms with van der Waals surface area (Å²) in [6, 6.07) is 17.5. The Labute approximate surface area is 187 Å². The molecule has 2 aromatic heterocycles. The second kappa shape index (κ2) is 8.55. The lowest BCUT2D eigenvalue weighted by Crippen LogP contribution is -2.43. The minimum absolute atomic E-state index is 0.0495. The highest BCUT2D eigenvalue weighted by atomic mass is 32.1. The van der Waals surface area contributed by atoms with Crippen molar-refractivity contribution in [1.82, 2.24) is 15.3 Å². The van der Waals surface area contributed by atoms with Crippen LogP contribution in [-0.4, -0.2) is 28.5 Å². The van der Waals surface area contributed by atoms with E-state index < -0.39 is 5.82 Å². The third-order valence-electron chi connectivity index (χ3n) is 5.66. The van der Waals surface area contributed by atoms with Crippen molar-refractivity contribution in [1.29, 1.82) is 0 Å². The largest absolute Gasteiger partial charge is 0.350 e. The maximum absolute atomic E-state index is 14.2. The average Bonchev–Trinajstić information content (AvgIpc) is 3.46. The average molecular weight is 449 g/mol. The summed E-state index contributed by atoms with van der Waals surface area (Å²) in [4.78, 5) is 34.8. The van der Waals surface area contributed by atoms with E-state index in [1.165, 1.54) is 17.4 Å². The number of pyridine rings is 1. The number of halogens is 1. The molecule has 3 heterocycles. The summed E-state index contributed by atoms with van der Waals surface area (Å²) in [6.45, 7) is 1.16. The van der Waals surface area contributed by atoms with Crippen LogP contribution in [0.3, 0.4) is 0 Å². The van der Waals surface area contributed by atoms with Gasteiger partial charge in [-0.2, -0.15) is 0 Å². The topological polar surface area (TPSA) is 78.1 Å². The van der Waals surface area contributed by atoms with Crippen molar-refractivity contribution in [2.75, 3.05) is 11.4 Å². The molecule has 2 aromatic carbocycles. The Morgan fingerprint density at radius 2 is 1.97 bits per heavy atom. The number of nitrogens with one attached hydrogen (secondary N) is 2. The minimum Gasteiger partial charge on any atom is -0.350 e. The van der Waals surface area contributed by atoms with Gasteiger partial charge in [-0.05, 0) is 36.6 Å². The van der Waals surface area contributed by atoms with Gasteiger partial charge in [-0.15, -0.1) is 0 Å². The summed E-state index contributed by atoms with van der Waals surface area (Å²) < 4.78 is 14.9. The van der Waals surface area contributed by atoms with Crippen molar-refractivity contribution in [3.63, 3.8) is 0 Å². The van der Waals surface area contributed by atoms with Gasteiger partial charge < -0.3 is 15.2 Å². The monoisotopic (exact) mass is 448 g/mol. The van der Waals surface area contributed by atoms with Crippen LogP contribution in [-0.2, 0) is 11.3 Å². The van der Waals surface area contributed by atoms with Crippen LogP contribution in [0.1, 0.15) is 18.4 Å². The molecular weight excluding hydrogens is 427 g/mol. The van der Waals surface area contributed by atoms with Gasteiger partial charge in [0.25, 0.3) is 5.56 Å². The van der Waals surface area contributed by atoms with E-state index in [1.54, 1.807) is 24.3 Å². The van der Waals surface area contributed by atoms with Gasteiger partial charge in [-0.25, -0.2) is 9.37 Å². The van der Waals surface area contributed by atoms with Crippen molar-refractivity contribution in [2.24, 2.45) is 0 Å². The Morgan fingerprint density at radius 1 is 1.19 bits per heavy atom. The van der Waals surface area contributed by atoms with Crippen LogP contribution in [0.4, 0.5) is 9.52 Å². The maximum Gasteiger partial charge on any atom is 0.275 e. The first-order valence-electron chi connectivity index (χ1n) is 10.5. The number of amides is 1. The number of carbonyl (C=O) groups is 1. The molecular formula is C24H21FN4O2S. The standard InChI is InChI=1S/C24H21FN4O2S/c25-17-10-5-4-9-16(17)18-13-20-21(23(31)27-18)28-24(32-20)29-12-6-11-19(29)22(30)26-14-15-7-2-1-3-8-15/h1-5,7-10,13,19H,6,11-12,14H2,(H,26,30)(H,27,31). The number of hydrogen-bond acceptors (Lipinski definition) is 5. The van der Waals surface area contributed by atoms with Gasteiger partial charge in [0.05, 0.1) is 10.4 Å². The molecule has 1 aliphatic rings. The highest BCUT2D eigenvalue weighted by Crippen LogP contribution is 2.34. The number of aromatic nitrogens is 2. The fourth-order valence-electron chi connectivity index (χ4n) is 4.05. The lowest BCUT2D eigenvalue weighted by Gasteiger charge is -2.23. The summed E-state index contributed by atoms with van der Waals surface area (Å²) >= 11 is 1.35. The van der Waals surface area contributed by atoms with Crippen LogP contribution in [0.15, 0.2) is 65.5 Å². The normalized spacial score (nSPS) is 15.9. The fraction of sp³-hybridized carbons (Fsp3) is 0.208. The van der Waals surface area contributed by atoms with Crippen LogP contribution in [0.5, 0.6) is 0 Å². The molecule has 0 spiro atoms. The predicted molar refractivity (Wildman–Crippen MR) is 124 cm³/mol. The lowest BCUT2D eigenvalue weighted by molar-refractivity contribution is -0.122. The SMILES string of the molecule is O=C(NCc1ccccc1)C1CCCN1c1nc2c(=O)[nH]c(-c3ccccc3F)cc2s1. The Hall–Kier alpha value is -3.52. The molecule has 8 heteroatoms. The Bertz CT molecular complexity index is 1330. The molecule has 0 radical (unpaired) electrons. The maximum atomic E-state index is 14.2. The number of nitrogens with zero attached hydrogens (tertiary/aromatic N) is 2. The van der Waals surface area contributed by atoms with Crippen molar-refractivity contribution >= 4 is 32.6 Å². The van der Waals surface area contributed by atoms with E-state index >= 15 is 0 Å². The first kappa shape index (κ1) is 20.4. The van der Waals surface area contributed by atoms with Crippen molar-refractivity contribution in [3.05, 3.63) is 82.4 Å². The molecule has 1 fully saturated rings. The molecule has 1 unspecified atom stereocenters. The van der Waals surface area contributed by atoms with Gasteiger partial charge in [-0.3, -0.25) is 9.59 Å². The molecule has 0 saturated carbocycles. The summed E-state index contributed by atoms with van der Waals surface area (Å²) in [5.41, 5.74) is 1.72. The van der Waals surface area contributed by atoms with Gasteiger partial charge in [0.2, 0.25) is 5.91 Å². The molecule has 1 aliphatic heterocycles. The molecule has 1 atom stereocenters. The van der Waals surface area contributed by atoms with Gasteiger partial charge in [0.15, 0.2) is 5.13 Å². The van der Waals surface area contributed by atoms with E-state index in [2.05, 4.69) is 15.3 Å². The van der Waals surface area contributed by atoms with Crippen LogP contribution >= 0.6 is 11.3 Å². The lowest BCUT2D eigenvalue weighted by atomic mass is 10.1. The second-order valence-electron chi connectivity index (χ2n) is 7.76. The first-order chi connectivity index (χ1) is 15.6. The molecule has 1 amide bonds. The van der Waals surface area contributed by atoms with E-state index in [1.807, 2.05) is 35.2 Å². The third-order valence-corrected chi connectivity index (χ3v) is 6.70.